The van der Waals surface area contributed by atoms with Crippen molar-refractivity contribution in [2.45, 2.75) is 6.54 Å². The number of hydrogen-bond donors (Lipinski definition) is 1. The van der Waals surface area contributed by atoms with Crippen LogP contribution in [0.1, 0.15) is 5.69 Å². The van der Waals surface area contributed by atoms with Gasteiger partial charge in [-0.2, -0.15) is 4.98 Å². The van der Waals surface area contributed by atoms with Crippen LogP contribution in [-0.2, 0) is 6.54 Å². The van der Waals surface area contributed by atoms with E-state index in [0.29, 0.717) is 18.2 Å². The van der Waals surface area contributed by atoms with Crippen LogP contribution < -0.4 is 10.1 Å². The number of halogens is 2. The minimum absolute atomic E-state index is 0.0266. The Morgan fingerprint density at radius 1 is 1.50 bits per heavy atom. The zero-order chi connectivity index (χ0) is 14.1. The van der Waals surface area contributed by atoms with Crippen molar-refractivity contribution >= 4 is 27.9 Å². The fourth-order valence-electron chi connectivity index (χ4n) is 1.87. The van der Waals surface area contributed by atoms with Gasteiger partial charge in [0.1, 0.15) is 17.3 Å². The van der Waals surface area contributed by atoms with Crippen LogP contribution in [0.25, 0.3) is 4.96 Å². The summed E-state index contributed by atoms with van der Waals surface area (Å²) in [6, 6.07) is 4.24. The number of nitrogens with one attached hydrogen (secondary N) is 1. The molecule has 0 saturated heterocycles. The van der Waals surface area contributed by atoms with Crippen molar-refractivity contribution in [3.05, 3.63) is 46.3 Å². The third kappa shape index (κ3) is 2.37. The normalized spacial score (nSPS) is 11.2. The summed E-state index contributed by atoms with van der Waals surface area (Å²) >= 11 is 7.27. The minimum Gasteiger partial charge on any atom is -0.437 e. The second kappa shape index (κ2) is 5.40. The number of ether oxygens (including phenoxy) is 1. The van der Waals surface area contributed by atoms with Gasteiger partial charge in [0.2, 0.25) is 5.88 Å². The molecule has 4 nitrogen and oxygen atoms in total. The van der Waals surface area contributed by atoms with Crippen molar-refractivity contribution in [2.75, 3.05) is 7.05 Å². The fraction of sp³-hybridized carbons (Fsp3) is 0.154. The lowest BCUT2D eigenvalue weighted by Crippen LogP contribution is -2.08. The highest BCUT2D eigenvalue weighted by Crippen LogP contribution is 2.29. The zero-order valence-electron chi connectivity index (χ0n) is 10.6. The first kappa shape index (κ1) is 13.4. The second-order valence-electron chi connectivity index (χ2n) is 4.13. The van der Waals surface area contributed by atoms with Gasteiger partial charge in [-0.1, -0.05) is 11.6 Å². The lowest BCUT2D eigenvalue weighted by Gasteiger charge is -2.06. The summed E-state index contributed by atoms with van der Waals surface area (Å²) in [5, 5.41) is 5.06. The number of imidazole rings is 1. The molecule has 1 aromatic carbocycles. The molecule has 3 aromatic rings. The van der Waals surface area contributed by atoms with Crippen molar-refractivity contribution in [3.63, 3.8) is 0 Å². The molecule has 20 heavy (non-hydrogen) atoms. The van der Waals surface area contributed by atoms with E-state index in [0.717, 1.165) is 10.7 Å². The largest absolute Gasteiger partial charge is 0.437 e. The number of thiazole rings is 1. The van der Waals surface area contributed by atoms with Crippen molar-refractivity contribution in [2.24, 2.45) is 0 Å². The standard InChI is InChI=1S/C13H11ClFN3OS/c1-16-7-11-12(17-13-18(11)4-5-20-13)19-8-2-3-10(15)9(14)6-8/h2-6,16H,7H2,1H3. The molecule has 3 rings (SSSR count). The van der Waals surface area contributed by atoms with Crippen LogP contribution in [0.15, 0.2) is 29.8 Å². The van der Waals surface area contributed by atoms with Gasteiger partial charge in [-0.15, -0.1) is 11.3 Å². The molecule has 0 amide bonds. The van der Waals surface area contributed by atoms with E-state index in [1.54, 1.807) is 0 Å². The lowest BCUT2D eigenvalue weighted by molar-refractivity contribution is 0.455. The Kier molecular flexibility index (Phi) is 3.60. The predicted octanol–water partition coefficient (Wildman–Crippen LogP) is 3.70. The Balaban J connectivity index is 1.98. The third-order valence-corrected chi connectivity index (χ3v) is 3.82. The highest BCUT2D eigenvalue weighted by Gasteiger charge is 2.15. The Morgan fingerprint density at radius 2 is 2.35 bits per heavy atom. The van der Waals surface area contributed by atoms with E-state index < -0.39 is 5.82 Å². The Labute approximate surface area is 123 Å². The number of aromatic nitrogens is 2. The molecule has 0 saturated carbocycles. The van der Waals surface area contributed by atoms with E-state index in [4.69, 9.17) is 16.3 Å². The summed E-state index contributed by atoms with van der Waals surface area (Å²) in [4.78, 5) is 5.27. The number of nitrogens with zero attached hydrogens (tertiary/aromatic N) is 2. The smallest absolute Gasteiger partial charge is 0.243 e. The molecule has 0 bridgehead atoms. The van der Waals surface area contributed by atoms with Crippen LogP contribution in [0.2, 0.25) is 5.02 Å². The van der Waals surface area contributed by atoms with Crippen LogP contribution in [0.3, 0.4) is 0 Å². The molecule has 0 radical (unpaired) electrons. The molecular weight excluding hydrogens is 301 g/mol. The maximum atomic E-state index is 13.1. The topological polar surface area (TPSA) is 38.6 Å². The molecule has 2 aromatic heterocycles. The van der Waals surface area contributed by atoms with Crippen LogP contribution in [0.4, 0.5) is 4.39 Å². The number of rotatable bonds is 4. The average molecular weight is 312 g/mol. The fourth-order valence-corrected chi connectivity index (χ4v) is 2.77. The van der Waals surface area contributed by atoms with E-state index in [1.807, 2.05) is 23.0 Å². The molecule has 0 aliphatic heterocycles. The van der Waals surface area contributed by atoms with E-state index in [9.17, 15) is 4.39 Å². The van der Waals surface area contributed by atoms with Gasteiger partial charge in [0, 0.05) is 24.2 Å². The minimum atomic E-state index is -0.472. The van der Waals surface area contributed by atoms with Gasteiger partial charge in [-0.25, -0.2) is 4.39 Å². The van der Waals surface area contributed by atoms with Gasteiger partial charge < -0.3 is 10.1 Å². The Morgan fingerprint density at radius 3 is 3.10 bits per heavy atom. The van der Waals surface area contributed by atoms with Gasteiger partial charge in [-0.3, -0.25) is 4.40 Å². The maximum absolute atomic E-state index is 13.1. The summed E-state index contributed by atoms with van der Waals surface area (Å²) in [6.45, 7) is 0.613. The SMILES string of the molecule is CNCc1c(Oc2ccc(F)c(Cl)c2)nc2sccn12. The summed E-state index contributed by atoms with van der Waals surface area (Å²) in [7, 11) is 1.85. The van der Waals surface area contributed by atoms with Gasteiger partial charge in [-0.05, 0) is 19.2 Å². The molecule has 0 atom stereocenters. The zero-order valence-corrected chi connectivity index (χ0v) is 12.1. The monoisotopic (exact) mass is 311 g/mol. The molecule has 0 aliphatic rings. The van der Waals surface area contributed by atoms with Crippen LogP contribution in [-0.4, -0.2) is 16.4 Å². The third-order valence-electron chi connectivity index (χ3n) is 2.77. The first-order valence-electron chi connectivity index (χ1n) is 5.91. The van der Waals surface area contributed by atoms with Crippen LogP contribution >= 0.6 is 22.9 Å². The van der Waals surface area contributed by atoms with Crippen molar-refractivity contribution in [1.29, 1.82) is 0 Å². The summed E-state index contributed by atoms with van der Waals surface area (Å²) in [6.07, 6.45) is 1.93. The van der Waals surface area contributed by atoms with Crippen LogP contribution in [0, 0.1) is 5.82 Å². The van der Waals surface area contributed by atoms with E-state index in [1.165, 1.54) is 29.5 Å². The van der Waals surface area contributed by atoms with Crippen molar-refractivity contribution in [3.8, 4) is 11.6 Å². The average Bonchev–Trinajstić information content (AvgIpc) is 2.98. The second-order valence-corrected chi connectivity index (χ2v) is 5.41. The number of hydrogen-bond acceptors (Lipinski definition) is 4. The van der Waals surface area contributed by atoms with E-state index in [-0.39, 0.29) is 5.02 Å². The first-order valence-corrected chi connectivity index (χ1v) is 7.16. The molecule has 0 unspecified atom stereocenters. The summed E-state index contributed by atoms with van der Waals surface area (Å²) in [5.74, 6) is 0.480. The molecule has 0 spiro atoms. The van der Waals surface area contributed by atoms with Gasteiger partial charge in [0.05, 0.1) is 5.02 Å². The predicted molar refractivity (Wildman–Crippen MR) is 77.3 cm³/mol. The van der Waals surface area contributed by atoms with Gasteiger partial charge in [0.25, 0.3) is 0 Å². The molecule has 0 aliphatic carbocycles. The molecular formula is C13H11ClFN3OS. The van der Waals surface area contributed by atoms with Crippen LogP contribution in [0.5, 0.6) is 11.6 Å². The first-order chi connectivity index (χ1) is 9.69. The Hall–Kier alpha value is -1.63. The quantitative estimate of drug-likeness (QED) is 0.798. The molecule has 1 N–H and O–H groups in total. The van der Waals surface area contributed by atoms with Crippen molar-refractivity contribution < 1.29 is 9.13 Å². The molecule has 2 heterocycles. The van der Waals surface area contributed by atoms with Crippen molar-refractivity contribution in [1.82, 2.24) is 14.7 Å². The lowest BCUT2D eigenvalue weighted by atomic mass is 10.3. The summed E-state index contributed by atoms with van der Waals surface area (Å²) in [5.41, 5.74) is 0.907. The molecule has 0 fully saturated rings. The van der Waals surface area contributed by atoms with E-state index >= 15 is 0 Å². The summed E-state index contributed by atoms with van der Waals surface area (Å²) < 4.78 is 20.8. The molecule has 104 valence electrons. The maximum Gasteiger partial charge on any atom is 0.243 e. The highest BCUT2D eigenvalue weighted by molar-refractivity contribution is 7.15. The number of fused-ring (bicyclic) bond motifs is 1. The molecule has 7 heteroatoms. The number of benzene rings is 1. The Bertz CT molecular complexity index is 755. The van der Waals surface area contributed by atoms with Gasteiger partial charge >= 0.3 is 0 Å². The highest BCUT2D eigenvalue weighted by atomic mass is 35.5. The van der Waals surface area contributed by atoms with E-state index in [2.05, 4.69) is 10.3 Å². The van der Waals surface area contributed by atoms with Gasteiger partial charge in [0.15, 0.2) is 4.96 Å².